The Bertz CT molecular complexity index is 626. The fraction of sp³-hybridized carbons (Fsp3) is 0.316. The Kier molecular flexibility index (Phi) is 6.76. The van der Waals surface area contributed by atoms with Crippen molar-refractivity contribution in [3.05, 3.63) is 71.0 Å². The fourth-order valence-electron chi connectivity index (χ4n) is 2.25. The second-order valence-electron chi connectivity index (χ2n) is 5.54. The molecule has 0 saturated carbocycles. The number of rotatable bonds is 8. The highest BCUT2D eigenvalue weighted by Gasteiger charge is 2.04. The highest BCUT2D eigenvalue weighted by molar-refractivity contribution is 5.94. The van der Waals surface area contributed by atoms with E-state index in [1.807, 2.05) is 30.3 Å². The number of amides is 1. The van der Waals surface area contributed by atoms with Crippen LogP contribution in [0.2, 0.25) is 0 Å². The zero-order valence-corrected chi connectivity index (χ0v) is 13.4. The summed E-state index contributed by atoms with van der Waals surface area (Å²) in [7, 11) is 0. The molecule has 0 aromatic heterocycles. The van der Waals surface area contributed by atoms with Crippen LogP contribution in [0.15, 0.2) is 48.5 Å². The molecule has 0 spiro atoms. The smallest absolute Gasteiger partial charge is 0.251 e. The number of carbonyl (C=O) groups excluding carboxylic acids is 1. The standard InChI is InChI=1S/C19H23FN2O/c1-2-3-11-22-19(23)17-9-7-15(8-10-17)13-21-14-16-5-4-6-18(20)12-16/h4-10,12,21H,2-3,11,13-14H2,1H3,(H,22,23). The van der Waals surface area contributed by atoms with Crippen LogP contribution in [0.4, 0.5) is 4.39 Å². The van der Waals surface area contributed by atoms with E-state index in [2.05, 4.69) is 17.6 Å². The van der Waals surface area contributed by atoms with Crippen LogP contribution in [0.1, 0.15) is 41.3 Å². The molecule has 0 aliphatic heterocycles. The first-order valence-corrected chi connectivity index (χ1v) is 8.01. The Hall–Kier alpha value is -2.20. The molecule has 0 heterocycles. The average Bonchev–Trinajstić information content (AvgIpc) is 2.56. The van der Waals surface area contributed by atoms with Gasteiger partial charge in [-0.25, -0.2) is 4.39 Å². The molecule has 4 heteroatoms. The number of benzene rings is 2. The van der Waals surface area contributed by atoms with Gasteiger partial charge in [-0.05, 0) is 41.8 Å². The minimum absolute atomic E-state index is 0.0299. The lowest BCUT2D eigenvalue weighted by molar-refractivity contribution is 0.0953. The van der Waals surface area contributed by atoms with Gasteiger partial charge in [0, 0.05) is 25.2 Å². The van der Waals surface area contributed by atoms with Crippen LogP contribution >= 0.6 is 0 Å². The first-order chi connectivity index (χ1) is 11.2. The molecule has 0 bridgehead atoms. The predicted octanol–water partition coefficient (Wildman–Crippen LogP) is 3.65. The van der Waals surface area contributed by atoms with E-state index >= 15 is 0 Å². The summed E-state index contributed by atoms with van der Waals surface area (Å²) >= 11 is 0. The topological polar surface area (TPSA) is 41.1 Å². The third-order valence-corrected chi connectivity index (χ3v) is 3.58. The van der Waals surface area contributed by atoms with E-state index in [0.29, 0.717) is 25.2 Å². The predicted molar refractivity (Wildman–Crippen MR) is 90.6 cm³/mol. The number of carbonyl (C=O) groups is 1. The van der Waals surface area contributed by atoms with Gasteiger partial charge < -0.3 is 10.6 Å². The molecule has 0 radical (unpaired) electrons. The summed E-state index contributed by atoms with van der Waals surface area (Å²) in [5, 5.41) is 6.17. The zero-order valence-electron chi connectivity index (χ0n) is 13.4. The molecule has 0 atom stereocenters. The highest BCUT2D eigenvalue weighted by Crippen LogP contribution is 2.06. The zero-order chi connectivity index (χ0) is 16.5. The van der Waals surface area contributed by atoms with Crippen LogP contribution in [0, 0.1) is 5.82 Å². The van der Waals surface area contributed by atoms with E-state index in [0.717, 1.165) is 24.0 Å². The minimum atomic E-state index is -0.220. The Morgan fingerprint density at radius 3 is 2.48 bits per heavy atom. The van der Waals surface area contributed by atoms with Crippen molar-refractivity contribution in [2.75, 3.05) is 6.54 Å². The molecule has 3 nitrogen and oxygen atoms in total. The number of hydrogen-bond donors (Lipinski definition) is 2. The molecule has 2 rings (SSSR count). The van der Waals surface area contributed by atoms with E-state index in [1.165, 1.54) is 12.1 Å². The normalized spacial score (nSPS) is 10.5. The molecular formula is C19H23FN2O. The molecule has 2 aromatic rings. The molecule has 23 heavy (non-hydrogen) atoms. The second-order valence-corrected chi connectivity index (χ2v) is 5.54. The van der Waals surface area contributed by atoms with E-state index in [9.17, 15) is 9.18 Å². The lowest BCUT2D eigenvalue weighted by atomic mass is 10.1. The average molecular weight is 314 g/mol. The van der Waals surface area contributed by atoms with Gasteiger partial charge in [-0.1, -0.05) is 37.6 Å². The summed E-state index contributed by atoms with van der Waals surface area (Å²) in [5.74, 6) is -0.250. The van der Waals surface area contributed by atoms with E-state index in [1.54, 1.807) is 6.07 Å². The van der Waals surface area contributed by atoms with Crippen LogP contribution < -0.4 is 10.6 Å². The van der Waals surface area contributed by atoms with Gasteiger partial charge in [0.2, 0.25) is 0 Å². The third-order valence-electron chi connectivity index (χ3n) is 3.58. The SMILES string of the molecule is CCCCNC(=O)c1ccc(CNCc2cccc(F)c2)cc1. The monoisotopic (exact) mass is 314 g/mol. The summed E-state index contributed by atoms with van der Waals surface area (Å²) < 4.78 is 13.1. The van der Waals surface area contributed by atoms with E-state index in [-0.39, 0.29) is 11.7 Å². The lowest BCUT2D eigenvalue weighted by Crippen LogP contribution is -2.24. The molecule has 0 aliphatic rings. The Balaban J connectivity index is 1.79. The van der Waals surface area contributed by atoms with Crippen LogP contribution in [-0.4, -0.2) is 12.5 Å². The van der Waals surface area contributed by atoms with Crippen molar-refractivity contribution in [3.8, 4) is 0 Å². The minimum Gasteiger partial charge on any atom is -0.352 e. The van der Waals surface area contributed by atoms with Crippen molar-refractivity contribution in [1.82, 2.24) is 10.6 Å². The number of unbranched alkanes of at least 4 members (excludes halogenated alkanes) is 1. The fourth-order valence-corrected chi connectivity index (χ4v) is 2.25. The Morgan fingerprint density at radius 2 is 1.78 bits per heavy atom. The number of hydrogen-bond acceptors (Lipinski definition) is 2. The summed E-state index contributed by atoms with van der Waals surface area (Å²) in [6.07, 6.45) is 2.06. The number of halogens is 1. The molecule has 0 aliphatic carbocycles. The van der Waals surface area contributed by atoms with Gasteiger partial charge in [-0.3, -0.25) is 4.79 Å². The molecule has 1 amide bonds. The molecule has 2 aromatic carbocycles. The molecule has 122 valence electrons. The summed E-state index contributed by atoms with van der Waals surface area (Å²) in [5.41, 5.74) is 2.68. The lowest BCUT2D eigenvalue weighted by Gasteiger charge is -2.07. The van der Waals surface area contributed by atoms with Gasteiger partial charge in [0.1, 0.15) is 5.82 Å². The third kappa shape index (κ3) is 5.83. The first kappa shape index (κ1) is 17.2. The van der Waals surface area contributed by atoms with Crippen molar-refractivity contribution in [3.63, 3.8) is 0 Å². The molecule has 0 unspecified atom stereocenters. The van der Waals surface area contributed by atoms with Gasteiger partial charge >= 0.3 is 0 Å². The van der Waals surface area contributed by atoms with Crippen LogP contribution in [-0.2, 0) is 13.1 Å². The van der Waals surface area contributed by atoms with Crippen LogP contribution in [0.3, 0.4) is 0 Å². The molecule has 2 N–H and O–H groups in total. The van der Waals surface area contributed by atoms with E-state index < -0.39 is 0 Å². The largest absolute Gasteiger partial charge is 0.352 e. The summed E-state index contributed by atoms with van der Waals surface area (Å²) in [6.45, 7) is 4.09. The van der Waals surface area contributed by atoms with Crippen molar-refractivity contribution in [1.29, 1.82) is 0 Å². The Labute approximate surface area is 136 Å². The quantitative estimate of drug-likeness (QED) is 0.730. The van der Waals surface area contributed by atoms with Gasteiger partial charge in [0.15, 0.2) is 0 Å². The maximum atomic E-state index is 13.1. The van der Waals surface area contributed by atoms with Gasteiger partial charge in [0.25, 0.3) is 5.91 Å². The highest BCUT2D eigenvalue weighted by atomic mass is 19.1. The van der Waals surface area contributed by atoms with Crippen molar-refractivity contribution in [2.45, 2.75) is 32.9 Å². The van der Waals surface area contributed by atoms with Crippen LogP contribution in [0.25, 0.3) is 0 Å². The van der Waals surface area contributed by atoms with E-state index in [4.69, 9.17) is 0 Å². The van der Waals surface area contributed by atoms with Gasteiger partial charge in [0.05, 0.1) is 0 Å². The maximum absolute atomic E-state index is 13.1. The van der Waals surface area contributed by atoms with Crippen LogP contribution in [0.5, 0.6) is 0 Å². The van der Waals surface area contributed by atoms with Crippen molar-refractivity contribution < 1.29 is 9.18 Å². The van der Waals surface area contributed by atoms with Crippen molar-refractivity contribution in [2.24, 2.45) is 0 Å². The Morgan fingerprint density at radius 1 is 1.04 bits per heavy atom. The van der Waals surface area contributed by atoms with Crippen molar-refractivity contribution >= 4 is 5.91 Å². The number of nitrogens with one attached hydrogen (secondary N) is 2. The maximum Gasteiger partial charge on any atom is 0.251 e. The molecule has 0 saturated heterocycles. The molecular weight excluding hydrogens is 291 g/mol. The molecule has 0 fully saturated rings. The van der Waals surface area contributed by atoms with Gasteiger partial charge in [-0.2, -0.15) is 0 Å². The summed E-state index contributed by atoms with van der Waals surface area (Å²) in [4.78, 5) is 11.9. The van der Waals surface area contributed by atoms with Gasteiger partial charge in [-0.15, -0.1) is 0 Å². The second kappa shape index (κ2) is 9.06. The first-order valence-electron chi connectivity index (χ1n) is 8.01. The summed E-state index contributed by atoms with van der Waals surface area (Å²) in [6, 6.07) is 14.1.